The molecule has 6 nitrogen and oxygen atoms in total. The molecule has 3 aromatic carbocycles. The zero-order valence-corrected chi connectivity index (χ0v) is 22.0. The fourth-order valence-electron chi connectivity index (χ4n) is 5.35. The summed E-state index contributed by atoms with van der Waals surface area (Å²) >= 11 is 0. The molecule has 0 unspecified atom stereocenters. The number of hydrogen-bond donors (Lipinski definition) is 0. The molecule has 0 spiro atoms. The first-order chi connectivity index (χ1) is 19.1. The van der Waals surface area contributed by atoms with E-state index in [1.165, 1.54) is 5.56 Å². The van der Waals surface area contributed by atoms with Crippen molar-refractivity contribution in [3.05, 3.63) is 120 Å². The average Bonchev–Trinajstić information content (AvgIpc) is 3.54. The molecule has 0 aliphatic rings. The highest BCUT2D eigenvalue weighted by Gasteiger charge is 2.22. The molecule has 6 heteroatoms. The van der Waals surface area contributed by atoms with Crippen molar-refractivity contribution in [3.63, 3.8) is 0 Å². The summed E-state index contributed by atoms with van der Waals surface area (Å²) in [5.41, 5.74) is 11.0. The number of fused-ring (bicyclic) bond motifs is 2. The molecule has 188 valence electrons. The van der Waals surface area contributed by atoms with Gasteiger partial charge in [0.15, 0.2) is 11.3 Å². The zero-order valence-electron chi connectivity index (χ0n) is 22.0. The van der Waals surface area contributed by atoms with Crippen LogP contribution in [0.2, 0.25) is 0 Å². The molecule has 0 aliphatic carbocycles. The van der Waals surface area contributed by atoms with Crippen LogP contribution in [0.4, 0.5) is 0 Å². The topological polar surface area (TPSA) is 61.4 Å². The molecule has 7 aromatic rings. The van der Waals surface area contributed by atoms with Crippen molar-refractivity contribution in [3.8, 4) is 34.2 Å². The van der Waals surface area contributed by atoms with Gasteiger partial charge in [0, 0.05) is 29.2 Å². The second-order valence-electron chi connectivity index (χ2n) is 9.84. The molecule has 0 fully saturated rings. The second kappa shape index (κ2) is 9.03. The second-order valence-corrected chi connectivity index (χ2v) is 9.84. The van der Waals surface area contributed by atoms with Crippen LogP contribution < -0.4 is 0 Å². The Morgan fingerprint density at radius 1 is 0.513 bits per heavy atom. The van der Waals surface area contributed by atoms with E-state index in [0.717, 1.165) is 67.6 Å². The van der Waals surface area contributed by atoms with Gasteiger partial charge in [0.2, 0.25) is 0 Å². The SMILES string of the molecule is Cc1cc(-c2nc3cccnc3n2-c2ccccc2C)c(C)cc1-c1nc2cccnc2n1-c1ccccc1. The van der Waals surface area contributed by atoms with Crippen molar-refractivity contribution in [2.45, 2.75) is 20.8 Å². The predicted octanol–water partition coefficient (Wildman–Crippen LogP) is 7.41. The van der Waals surface area contributed by atoms with Gasteiger partial charge in [-0.1, -0.05) is 36.4 Å². The number of pyridine rings is 2. The summed E-state index contributed by atoms with van der Waals surface area (Å²) < 4.78 is 4.32. The molecule has 0 amide bonds. The Morgan fingerprint density at radius 2 is 1.05 bits per heavy atom. The smallest absolute Gasteiger partial charge is 0.164 e. The molecule has 0 saturated heterocycles. The van der Waals surface area contributed by atoms with Crippen molar-refractivity contribution in [2.75, 3.05) is 0 Å². The van der Waals surface area contributed by atoms with E-state index < -0.39 is 0 Å². The molecule has 0 aliphatic heterocycles. The first-order valence-corrected chi connectivity index (χ1v) is 13.0. The van der Waals surface area contributed by atoms with Crippen molar-refractivity contribution >= 4 is 22.3 Å². The normalized spacial score (nSPS) is 11.5. The van der Waals surface area contributed by atoms with E-state index in [1.807, 2.05) is 54.9 Å². The lowest BCUT2D eigenvalue weighted by Crippen LogP contribution is -2.03. The highest BCUT2D eigenvalue weighted by molar-refractivity contribution is 5.84. The monoisotopic (exact) mass is 506 g/mol. The zero-order chi connectivity index (χ0) is 26.5. The van der Waals surface area contributed by atoms with Gasteiger partial charge >= 0.3 is 0 Å². The quantitative estimate of drug-likeness (QED) is 0.249. The first kappa shape index (κ1) is 23.0. The number of benzene rings is 3. The average molecular weight is 507 g/mol. The van der Waals surface area contributed by atoms with Crippen molar-refractivity contribution in [1.29, 1.82) is 0 Å². The van der Waals surface area contributed by atoms with Crippen LogP contribution in [0.5, 0.6) is 0 Å². The summed E-state index contributed by atoms with van der Waals surface area (Å²) in [6.07, 6.45) is 3.64. The molecule has 0 bridgehead atoms. The van der Waals surface area contributed by atoms with Crippen LogP contribution in [0.25, 0.3) is 56.5 Å². The molecular weight excluding hydrogens is 480 g/mol. The fraction of sp³-hybridized carbons (Fsp3) is 0.0909. The standard InChI is InChI=1S/C33H26N6/c1-21-11-7-8-16-29(21)39-31(37-28-15-10-18-35-33(28)39)26-20-22(2)25(19-23(26)3)30-36-27-14-9-17-34-32(27)38(30)24-12-5-4-6-13-24/h4-20H,1-3H3. The van der Waals surface area contributed by atoms with E-state index in [0.29, 0.717) is 0 Å². The first-order valence-electron chi connectivity index (χ1n) is 13.0. The van der Waals surface area contributed by atoms with E-state index in [-0.39, 0.29) is 0 Å². The number of hydrogen-bond acceptors (Lipinski definition) is 4. The van der Waals surface area contributed by atoms with E-state index >= 15 is 0 Å². The Balaban J connectivity index is 1.47. The number of para-hydroxylation sites is 2. The Labute approximate surface area is 226 Å². The molecule has 0 atom stereocenters. The Hall–Kier alpha value is -5.10. The molecule has 7 rings (SSSR count). The van der Waals surface area contributed by atoms with Gasteiger partial charge in [-0.2, -0.15) is 0 Å². The van der Waals surface area contributed by atoms with Gasteiger partial charge in [-0.05, 0) is 92.1 Å². The Bertz CT molecular complexity index is 2000. The summed E-state index contributed by atoms with van der Waals surface area (Å²) in [6, 6.07) is 31.0. The largest absolute Gasteiger partial charge is 0.277 e. The Morgan fingerprint density at radius 3 is 1.67 bits per heavy atom. The summed E-state index contributed by atoms with van der Waals surface area (Å²) in [4.78, 5) is 19.5. The van der Waals surface area contributed by atoms with Crippen molar-refractivity contribution < 1.29 is 0 Å². The maximum absolute atomic E-state index is 5.07. The third kappa shape index (κ3) is 3.72. The van der Waals surface area contributed by atoms with Crippen LogP contribution >= 0.6 is 0 Å². The van der Waals surface area contributed by atoms with Crippen LogP contribution in [0.3, 0.4) is 0 Å². The molecule has 0 N–H and O–H groups in total. The minimum atomic E-state index is 0.840. The van der Waals surface area contributed by atoms with E-state index in [2.05, 4.69) is 83.4 Å². The summed E-state index contributed by atoms with van der Waals surface area (Å²) in [5.74, 6) is 1.75. The van der Waals surface area contributed by atoms with E-state index in [9.17, 15) is 0 Å². The molecule has 39 heavy (non-hydrogen) atoms. The van der Waals surface area contributed by atoms with Gasteiger partial charge < -0.3 is 0 Å². The van der Waals surface area contributed by atoms with Gasteiger partial charge in [-0.15, -0.1) is 0 Å². The van der Waals surface area contributed by atoms with Crippen LogP contribution in [-0.4, -0.2) is 29.1 Å². The maximum atomic E-state index is 5.07. The van der Waals surface area contributed by atoms with Gasteiger partial charge in [0.05, 0.1) is 5.69 Å². The lowest BCUT2D eigenvalue weighted by Gasteiger charge is -2.16. The number of rotatable bonds is 4. The highest BCUT2D eigenvalue weighted by atomic mass is 15.1. The summed E-state index contributed by atoms with van der Waals surface area (Å²) in [7, 11) is 0. The van der Waals surface area contributed by atoms with Gasteiger partial charge in [-0.25, -0.2) is 19.9 Å². The lowest BCUT2D eigenvalue weighted by atomic mass is 9.98. The molecule has 0 radical (unpaired) electrons. The number of nitrogens with zero attached hydrogens (tertiary/aromatic N) is 6. The highest BCUT2D eigenvalue weighted by Crippen LogP contribution is 2.36. The maximum Gasteiger partial charge on any atom is 0.164 e. The third-order valence-electron chi connectivity index (χ3n) is 7.26. The number of imidazole rings is 2. The van der Waals surface area contributed by atoms with Crippen molar-refractivity contribution in [2.24, 2.45) is 0 Å². The predicted molar refractivity (Wildman–Crippen MR) is 156 cm³/mol. The minimum absolute atomic E-state index is 0.840. The molecular formula is C33H26N6. The van der Waals surface area contributed by atoms with E-state index in [4.69, 9.17) is 15.0 Å². The van der Waals surface area contributed by atoms with Gasteiger partial charge in [0.1, 0.15) is 22.7 Å². The summed E-state index contributed by atoms with van der Waals surface area (Å²) in [6.45, 7) is 6.40. The molecule has 4 aromatic heterocycles. The van der Waals surface area contributed by atoms with Gasteiger partial charge in [0.25, 0.3) is 0 Å². The van der Waals surface area contributed by atoms with Crippen molar-refractivity contribution in [1.82, 2.24) is 29.1 Å². The fourth-order valence-corrected chi connectivity index (χ4v) is 5.35. The van der Waals surface area contributed by atoms with Crippen LogP contribution in [0.1, 0.15) is 16.7 Å². The molecule has 4 heterocycles. The van der Waals surface area contributed by atoms with Gasteiger partial charge in [-0.3, -0.25) is 9.13 Å². The van der Waals surface area contributed by atoms with Crippen LogP contribution in [0, 0.1) is 20.8 Å². The number of aryl methyl sites for hydroxylation is 3. The Kier molecular flexibility index (Phi) is 5.33. The molecule has 0 saturated carbocycles. The number of aromatic nitrogens is 6. The lowest BCUT2D eigenvalue weighted by molar-refractivity contribution is 1.05. The van der Waals surface area contributed by atoms with E-state index in [1.54, 1.807) is 0 Å². The van der Waals surface area contributed by atoms with Crippen LogP contribution in [-0.2, 0) is 0 Å². The third-order valence-corrected chi connectivity index (χ3v) is 7.26. The minimum Gasteiger partial charge on any atom is -0.277 e. The summed E-state index contributed by atoms with van der Waals surface area (Å²) in [5, 5.41) is 0. The van der Waals surface area contributed by atoms with Crippen LogP contribution in [0.15, 0.2) is 103 Å².